The van der Waals surface area contributed by atoms with Crippen LogP contribution in [0.4, 0.5) is 17.3 Å². The van der Waals surface area contributed by atoms with Crippen LogP contribution in [-0.4, -0.2) is 40.7 Å². The molecule has 0 saturated carbocycles. The fourth-order valence-corrected chi connectivity index (χ4v) is 4.31. The molecular weight excluding hydrogens is 426 g/mol. The average molecular weight is 444 g/mol. The van der Waals surface area contributed by atoms with Gasteiger partial charge in [0.2, 0.25) is 10.0 Å². The molecule has 1 aromatic carbocycles. The molecule has 12 heteroatoms. The Morgan fingerprint density at radius 2 is 1.93 bits per heavy atom. The fraction of sp³-hybridized carbons (Fsp3) is 0.250. The van der Waals surface area contributed by atoms with E-state index >= 15 is 0 Å². The fourth-order valence-electron chi connectivity index (χ4n) is 2.34. The number of hydrogen-bond acceptors (Lipinski definition) is 9. The first kappa shape index (κ1) is 20.4. The predicted molar refractivity (Wildman–Crippen MR) is 108 cm³/mol. The van der Waals surface area contributed by atoms with Gasteiger partial charge in [-0.15, -0.1) is 0 Å². The third-order valence-electron chi connectivity index (χ3n) is 3.79. The molecule has 28 heavy (non-hydrogen) atoms. The molecule has 2 heterocycles. The Hall–Kier alpha value is -2.34. The third-order valence-corrected chi connectivity index (χ3v) is 6.64. The minimum atomic E-state index is -3.94. The lowest BCUT2D eigenvalue weighted by Crippen LogP contribution is -2.22. The van der Waals surface area contributed by atoms with E-state index in [0.717, 1.165) is 27.6 Å². The molecule has 0 radical (unpaired) electrons. The summed E-state index contributed by atoms with van der Waals surface area (Å²) in [5.41, 5.74) is 0.134. The van der Waals surface area contributed by atoms with Gasteiger partial charge >= 0.3 is 0 Å². The van der Waals surface area contributed by atoms with E-state index in [-0.39, 0.29) is 15.6 Å². The first-order valence-electron chi connectivity index (χ1n) is 8.03. The lowest BCUT2D eigenvalue weighted by Gasteiger charge is -2.16. The van der Waals surface area contributed by atoms with Crippen molar-refractivity contribution in [2.75, 3.05) is 24.7 Å². The second-order valence-electron chi connectivity index (χ2n) is 6.01. The van der Waals surface area contributed by atoms with Crippen molar-refractivity contribution >= 4 is 50.7 Å². The number of aromatic hydroxyl groups is 1. The van der Waals surface area contributed by atoms with Crippen LogP contribution < -0.4 is 10.6 Å². The number of rotatable bonds is 7. The van der Waals surface area contributed by atoms with E-state index in [1.165, 1.54) is 26.2 Å². The van der Waals surface area contributed by atoms with E-state index < -0.39 is 15.8 Å². The van der Waals surface area contributed by atoms with Crippen LogP contribution in [0.1, 0.15) is 11.5 Å². The Balaban J connectivity index is 1.86. The summed E-state index contributed by atoms with van der Waals surface area (Å²) in [6.07, 6.45) is 0. The molecule has 0 aliphatic rings. The Morgan fingerprint density at radius 1 is 1.21 bits per heavy atom. The van der Waals surface area contributed by atoms with Crippen molar-refractivity contribution in [3.8, 4) is 5.75 Å². The molecule has 0 atom stereocenters. The zero-order chi connectivity index (χ0) is 20.5. The number of hydrogen-bond donors (Lipinski definition) is 3. The molecule has 0 aliphatic heterocycles. The molecule has 0 saturated heterocycles. The van der Waals surface area contributed by atoms with Crippen molar-refractivity contribution in [3.63, 3.8) is 0 Å². The molecule has 2 aromatic heterocycles. The number of aromatic nitrogens is 2. The van der Waals surface area contributed by atoms with Gasteiger partial charge in [-0.1, -0.05) is 11.6 Å². The second-order valence-corrected chi connectivity index (χ2v) is 9.04. The van der Waals surface area contributed by atoms with Crippen LogP contribution in [0.3, 0.4) is 0 Å². The molecule has 150 valence electrons. The van der Waals surface area contributed by atoms with E-state index in [1.807, 2.05) is 19.1 Å². The number of phenolic OH excluding ortho intramolecular Hbond substituents is 1. The van der Waals surface area contributed by atoms with E-state index in [1.54, 1.807) is 0 Å². The monoisotopic (exact) mass is 443 g/mol. The first-order chi connectivity index (χ1) is 13.2. The predicted octanol–water partition coefficient (Wildman–Crippen LogP) is 3.40. The molecule has 3 N–H and O–H groups in total. The molecule has 0 unspecified atom stereocenters. The van der Waals surface area contributed by atoms with Crippen molar-refractivity contribution in [2.24, 2.45) is 0 Å². The Bertz CT molecular complexity index is 1090. The van der Waals surface area contributed by atoms with Gasteiger partial charge in [-0.05, 0) is 31.2 Å². The number of nitrogens with zero attached hydrogens (tertiary/aromatic N) is 3. The summed E-state index contributed by atoms with van der Waals surface area (Å²) in [5, 5.41) is 16.4. The summed E-state index contributed by atoms with van der Waals surface area (Å²) in [7, 11) is -1.23. The summed E-state index contributed by atoms with van der Waals surface area (Å²) in [4.78, 5) is -0.382. The first-order valence-corrected chi connectivity index (χ1v) is 10.6. The van der Waals surface area contributed by atoms with Crippen LogP contribution in [0.15, 0.2) is 33.6 Å². The molecule has 0 amide bonds. The van der Waals surface area contributed by atoms with Gasteiger partial charge in [0.1, 0.15) is 16.4 Å². The highest BCUT2D eigenvalue weighted by atomic mass is 35.5. The van der Waals surface area contributed by atoms with E-state index in [0.29, 0.717) is 18.2 Å². The number of sulfonamides is 1. The topological polar surface area (TPSA) is 121 Å². The van der Waals surface area contributed by atoms with Crippen LogP contribution >= 0.6 is 23.3 Å². The lowest BCUT2D eigenvalue weighted by molar-refractivity contribution is 0.455. The Morgan fingerprint density at radius 3 is 2.57 bits per heavy atom. The number of benzene rings is 1. The van der Waals surface area contributed by atoms with Crippen LogP contribution in [0.25, 0.3) is 0 Å². The highest BCUT2D eigenvalue weighted by Crippen LogP contribution is 2.39. The largest absolute Gasteiger partial charge is 0.504 e. The van der Waals surface area contributed by atoms with Gasteiger partial charge in [0.25, 0.3) is 0 Å². The van der Waals surface area contributed by atoms with Gasteiger partial charge in [-0.25, -0.2) is 12.7 Å². The molecule has 3 rings (SSSR count). The van der Waals surface area contributed by atoms with E-state index in [9.17, 15) is 13.5 Å². The summed E-state index contributed by atoms with van der Waals surface area (Å²) in [6.45, 7) is 2.24. The highest BCUT2D eigenvalue weighted by Gasteiger charge is 2.27. The van der Waals surface area contributed by atoms with Gasteiger partial charge in [0, 0.05) is 14.1 Å². The maximum atomic E-state index is 12.5. The van der Waals surface area contributed by atoms with Crippen molar-refractivity contribution < 1.29 is 17.9 Å². The number of furan rings is 1. The standard InChI is InChI=1S/C16H18ClN5O4S2/c1-9-4-5-10(26-9)8-18-15-16(21-27-20-15)19-12-7-6-11(17)14(13(12)23)28(24,25)22(2)3/h4-7,23H,8H2,1-3H3,(H,18,20)(H,19,21). The van der Waals surface area contributed by atoms with Gasteiger partial charge in [-0.2, -0.15) is 8.75 Å². The normalized spacial score (nSPS) is 11.8. The molecule has 0 aliphatic carbocycles. The van der Waals surface area contributed by atoms with Gasteiger partial charge in [-0.3, -0.25) is 0 Å². The number of anilines is 3. The molecule has 9 nitrogen and oxygen atoms in total. The van der Waals surface area contributed by atoms with E-state index in [2.05, 4.69) is 19.4 Å². The lowest BCUT2D eigenvalue weighted by atomic mass is 10.3. The van der Waals surface area contributed by atoms with Crippen LogP contribution in [0, 0.1) is 6.92 Å². The minimum absolute atomic E-state index is 0.0836. The minimum Gasteiger partial charge on any atom is -0.504 e. The van der Waals surface area contributed by atoms with E-state index in [4.69, 9.17) is 16.0 Å². The summed E-state index contributed by atoms with van der Waals surface area (Å²) in [5.74, 6) is 1.80. The zero-order valence-corrected chi connectivity index (χ0v) is 17.6. The van der Waals surface area contributed by atoms with Crippen LogP contribution in [0.5, 0.6) is 5.75 Å². The Labute approximate surface area is 171 Å². The zero-order valence-electron chi connectivity index (χ0n) is 15.2. The number of nitrogens with one attached hydrogen (secondary N) is 2. The van der Waals surface area contributed by atoms with Gasteiger partial charge < -0.3 is 20.2 Å². The second kappa shape index (κ2) is 7.95. The summed E-state index contributed by atoms with van der Waals surface area (Å²) >= 11 is 6.98. The molecule has 3 aromatic rings. The summed E-state index contributed by atoms with van der Waals surface area (Å²) < 4.78 is 39.7. The Kier molecular flexibility index (Phi) is 5.79. The number of aryl methyl sites for hydroxylation is 1. The SMILES string of the molecule is Cc1ccc(CNc2nsnc2Nc2ccc(Cl)c(S(=O)(=O)N(C)C)c2O)o1. The van der Waals surface area contributed by atoms with Crippen molar-refractivity contribution in [3.05, 3.63) is 40.8 Å². The third kappa shape index (κ3) is 4.07. The molecule has 0 bridgehead atoms. The average Bonchev–Trinajstić information content (AvgIpc) is 3.24. The van der Waals surface area contributed by atoms with Gasteiger partial charge in [0.15, 0.2) is 17.4 Å². The number of phenols is 1. The van der Waals surface area contributed by atoms with Crippen molar-refractivity contribution in [2.45, 2.75) is 18.4 Å². The molecular formula is C16H18ClN5O4S2. The quantitative estimate of drug-likeness (QED) is 0.475. The maximum Gasteiger partial charge on any atom is 0.247 e. The number of halogens is 1. The molecule has 0 fully saturated rings. The van der Waals surface area contributed by atoms with Crippen molar-refractivity contribution in [1.82, 2.24) is 13.1 Å². The maximum absolute atomic E-state index is 12.5. The highest BCUT2D eigenvalue weighted by molar-refractivity contribution is 7.89. The summed E-state index contributed by atoms with van der Waals surface area (Å²) in [6, 6.07) is 6.55. The smallest absolute Gasteiger partial charge is 0.247 e. The van der Waals surface area contributed by atoms with Crippen LogP contribution in [-0.2, 0) is 16.6 Å². The molecule has 0 spiro atoms. The van der Waals surface area contributed by atoms with Crippen LogP contribution in [0.2, 0.25) is 5.02 Å². The van der Waals surface area contributed by atoms with Crippen molar-refractivity contribution in [1.29, 1.82) is 0 Å². The van der Waals surface area contributed by atoms with Gasteiger partial charge in [0.05, 0.1) is 29.0 Å².